The van der Waals surface area contributed by atoms with E-state index in [1.165, 1.54) is 5.56 Å². The van der Waals surface area contributed by atoms with Gasteiger partial charge in [-0.1, -0.05) is 42.0 Å². The van der Waals surface area contributed by atoms with Crippen LogP contribution in [-0.4, -0.2) is 12.1 Å². The summed E-state index contributed by atoms with van der Waals surface area (Å²) in [5.74, 6) is 1.50. The molecule has 0 aliphatic rings. The number of benzene rings is 2. The number of hydrogen-bond donors (Lipinski definition) is 1. The minimum absolute atomic E-state index is 0. The Hall–Kier alpha value is -2.27. The highest BCUT2D eigenvalue weighted by molar-refractivity contribution is 5.85. The van der Waals surface area contributed by atoms with E-state index >= 15 is 0 Å². The molecular formula is C22H26Cl2N2O2. The molecule has 3 aromatic rings. The zero-order chi connectivity index (χ0) is 18.2. The van der Waals surface area contributed by atoms with Crippen molar-refractivity contribution in [1.29, 1.82) is 0 Å². The van der Waals surface area contributed by atoms with Crippen LogP contribution in [-0.2, 0) is 19.7 Å². The quantitative estimate of drug-likeness (QED) is 0.549. The molecule has 6 heteroatoms. The van der Waals surface area contributed by atoms with E-state index in [1.807, 2.05) is 24.4 Å². The maximum atomic E-state index is 5.93. The predicted molar refractivity (Wildman–Crippen MR) is 118 cm³/mol. The minimum atomic E-state index is 0. The third-order valence-electron chi connectivity index (χ3n) is 4.12. The average molecular weight is 421 g/mol. The van der Waals surface area contributed by atoms with Gasteiger partial charge in [-0.25, -0.2) is 0 Å². The molecule has 0 radical (unpaired) electrons. The fraction of sp³-hybridized carbons (Fsp3) is 0.227. The number of rotatable bonds is 8. The van der Waals surface area contributed by atoms with E-state index in [0.717, 1.165) is 41.3 Å². The highest BCUT2D eigenvalue weighted by atomic mass is 35.5. The van der Waals surface area contributed by atoms with Crippen molar-refractivity contribution in [3.8, 4) is 11.5 Å². The number of nitrogens with one attached hydrogen (secondary N) is 1. The number of nitrogens with zero attached hydrogens (tertiary/aromatic N) is 1. The summed E-state index contributed by atoms with van der Waals surface area (Å²) >= 11 is 0. The van der Waals surface area contributed by atoms with E-state index in [9.17, 15) is 0 Å². The summed E-state index contributed by atoms with van der Waals surface area (Å²) < 4.78 is 11.4. The van der Waals surface area contributed by atoms with Gasteiger partial charge in [0.05, 0.1) is 7.11 Å². The van der Waals surface area contributed by atoms with Crippen LogP contribution in [0.1, 0.15) is 22.3 Å². The smallest absolute Gasteiger partial charge is 0.161 e. The Morgan fingerprint density at radius 1 is 0.857 bits per heavy atom. The highest BCUT2D eigenvalue weighted by Gasteiger charge is 2.06. The number of halogens is 2. The monoisotopic (exact) mass is 420 g/mol. The molecule has 0 amide bonds. The Morgan fingerprint density at radius 2 is 1.57 bits per heavy atom. The van der Waals surface area contributed by atoms with Gasteiger partial charge in [0.15, 0.2) is 11.5 Å². The van der Waals surface area contributed by atoms with Crippen molar-refractivity contribution in [1.82, 2.24) is 10.3 Å². The fourth-order valence-electron chi connectivity index (χ4n) is 2.64. The number of hydrogen-bond acceptors (Lipinski definition) is 4. The summed E-state index contributed by atoms with van der Waals surface area (Å²) in [5.41, 5.74) is 4.69. The number of pyridine rings is 1. The van der Waals surface area contributed by atoms with Gasteiger partial charge in [0.1, 0.15) is 6.61 Å². The third-order valence-corrected chi connectivity index (χ3v) is 4.12. The normalized spacial score (nSPS) is 9.79. The average Bonchev–Trinajstić information content (AvgIpc) is 2.69. The summed E-state index contributed by atoms with van der Waals surface area (Å²) in [4.78, 5) is 4.12. The highest BCUT2D eigenvalue weighted by Crippen LogP contribution is 2.29. The molecule has 2 aromatic carbocycles. The van der Waals surface area contributed by atoms with Crippen molar-refractivity contribution in [3.05, 3.63) is 89.2 Å². The summed E-state index contributed by atoms with van der Waals surface area (Å²) in [6.07, 6.45) is 3.65. The van der Waals surface area contributed by atoms with Crippen LogP contribution in [0.25, 0.3) is 0 Å². The zero-order valence-corrected chi connectivity index (χ0v) is 17.7. The molecule has 0 aliphatic carbocycles. The van der Waals surface area contributed by atoms with Gasteiger partial charge >= 0.3 is 0 Å². The van der Waals surface area contributed by atoms with Gasteiger partial charge < -0.3 is 14.8 Å². The van der Waals surface area contributed by atoms with Crippen molar-refractivity contribution in [2.45, 2.75) is 26.6 Å². The summed E-state index contributed by atoms with van der Waals surface area (Å²) in [7, 11) is 1.67. The van der Waals surface area contributed by atoms with E-state index in [0.29, 0.717) is 6.61 Å². The van der Waals surface area contributed by atoms with Crippen molar-refractivity contribution in [3.63, 3.8) is 0 Å². The molecule has 0 unspecified atom stereocenters. The Bertz CT molecular complexity index is 828. The molecule has 150 valence electrons. The lowest BCUT2D eigenvalue weighted by Gasteiger charge is -2.13. The third kappa shape index (κ3) is 7.04. The number of ether oxygens (including phenoxy) is 2. The second-order valence-corrected chi connectivity index (χ2v) is 6.22. The molecular weight excluding hydrogens is 395 g/mol. The SMILES string of the molecule is COc1cc(CNCc2cccnc2)ccc1OCc1ccc(C)cc1.Cl.Cl. The predicted octanol–water partition coefficient (Wildman–Crippen LogP) is 5.11. The Morgan fingerprint density at radius 3 is 2.25 bits per heavy atom. The maximum absolute atomic E-state index is 5.93. The molecule has 4 nitrogen and oxygen atoms in total. The van der Waals surface area contributed by atoms with Gasteiger partial charge in [-0.05, 0) is 41.8 Å². The summed E-state index contributed by atoms with van der Waals surface area (Å²) in [6, 6.07) is 18.4. The molecule has 1 heterocycles. The van der Waals surface area contributed by atoms with Crippen LogP contribution in [0.15, 0.2) is 67.0 Å². The van der Waals surface area contributed by atoms with Gasteiger partial charge in [0.25, 0.3) is 0 Å². The van der Waals surface area contributed by atoms with Crippen molar-refractivity contribution in [2.75, 3.05) is 7.11 Å². The Kier molecular flexibility index (Phi) is 10.4. The number of aromatic nitrogens is 1. The standard InChI is InChI=1S/C22H24N2O2.2ClH/c1-17-5-7-18(8-6-17)16-26-21-10-9-19(12-22(21)25-2)13-24-15-20-4-3-11-23-14-20;;/h3-12,14,24H,13,15-16H2,1-2H3;2*1H. The van der Waals surface area contributed by atoms with Crippen molar-refractivity contribution < 1.29 is 9.47 Å². The summed E-state index contributed by atoms with van der Waals surface area (Å²) in [5, 5.41) is 3.42. The maximum Gasteiger partial charge on any atom is 0.161 e. The molecule has 3 rings (SSSR count). The lowest BCUT2D eigenvalue weighted by molar-refractivity contribution is 0.284. The van der Waals surface area contributed by atoms with E-state index < -0.39 is 0 Å². The second kappa shape index (κ2) is 12.2. The lowest BCUT2D eigenvalue weighted by atomic mass is 10.1. The van der Waals surface area contributed by atoms with Gasteiger partial charge in [-0.3, -0.25) is 4.98 Å². The molecule has 0 bridgehead atoms. The summed E-state index contributed by atoms with van der Waals surface area (Å²) in [6.45, 7) is 4.13. The molecule has 0 aliphatic heterocycles. The Balaban J connectivity index is 0.00000196. The van der Waals surface area contributed by atoms with Crippen LogP contribution in [0.2, 0.25) is 0 Å². The van der Waals surface area contributed by atoms with Crippen LogP contribution < -0.4 is 14.8 Å². The molecule has 1 aromatic heterocycles. The zero-order valence-electron chi connectivity index (χ0n) is 16.1. The molecule has 0 atom stereocenters. The molecule has 1 N–H and O–H groups in total. The van der Waals surface area contributed by atoms with Gasteiger partial charge in [-0.15, -0.1) is 24.8 Å². The van der Waals surface area contributed by atoms with E-state index in [1.54, 1.807) is 13.3 Å². The van der Waals surface area contributed by atoms with Crippen LogP contribution in [0.4, 0.5) is 0 Å². The first-order chi connectivity index (χ1) is 12.7. The molecule has 0 saturated heterocycles. The first-order valence-electron chi connectivity index (χ1n) is 8.69. The topological polar surface area (TPSA) is 43.4 Å². The first kappa shape index (κ1) is 23.8. The van der Waals surface area contributed by atoms with Gasteiger partial charge in [0, 0.05) is 25.5 Å². The van der Waals surface area contributed by atoms with Crippen molar-refractivity contribution >= 4 is 24.8 Å². The molecule has 0 fully saturated rings. The molecule has 0 spiro atoms. The van der Waals surface area contributed by atoms with E-state index in [2.05, 4.69) is 53.6 Å². The lowest BCUT2D eigenvalue weighted by Crippen LogP contribution is -2.12. The van der Waals surface area contributed by atoms with E-state index in [-0.39, 0.29) is 24.8 Å². The van der Waals surface area contributed by atoms with Gasteiger partial charge in [-0.2, -0.15) is 0 Å². The first-order valence-corrected chi connectivity index (χ1v) is 8.69. The van der Waals surface area contributed by atoms with Crippen molar-refractivity contribution in [2.24, 2.45) is 0 Å². The van der Waals surface area contributed by atoms with Crippen LogP contribution in [0.5, 0.6) is 11.5 Å². The Labute approximate surface area is 179 Å². The minimum Gasteiger partial charge on any atom is -0.493 e. The second-order valence-electron chi connectivity index (χ2n) is 6.22. The number of aryl methyl sites for hydroxylation is 1. The molecule has 0 saturated carbocycles. The fourth-order valence-corrected chi connectivity index (χ4v) is 2.64. The van der Waals surface area contributed by atoms with Crippen LogP contribution >= 0.6 is 24.8 Å². The van der Waals surface area contributed by atoms with Crippen LogP contribution in [0, 0.1) is 6.92 Å². The molecule has 28 heavy (non-hydrogen) atoms. The van der Waals surface area contributed by atoms with Gasteiger partial charge in [0.2, 0.25) is 0 Å². The van der Waals surface area contributed by atoms with Crippen LogP contribution in [0.3, 0.4) is 0 Å². The number of methoxy groups -OCH3 is 1. The van der Waals surface area contributed by atoms with E-state index in [4.69, 9.17) is 9.47 Å². The largest absolute Gasteiger partial charge is 0.493 e.